The van der Waals surface area contributed by atoms with E-state index in [4.69, 9.17) is 10.00 Å². The normalized spacial score (nSPS) is 31.9. The Labute approximate surface area is 229 Å². The maximum Gasteiger partial charge on any atom is 0.303 e. The van der Waals surface area contributed by atoms with Crippen LogP contribution in [0.4, 0.5) is 5.69 Å². The number of thioether (sulfide) groups is 1. The maximum absolute atomic E-state index is 13.8. The molecule has 0 spiro atoms. The molecular weight excluding hydrogens is 496 g/mol. The van der Waals surface area contributed by atoms with Gasteiger partial charge < -0.3 is 9.64 Å². The molecular formula is C31H36N2O4S. The van der Waals surface area contributed by atoms with Crippen LogP contribution in [0.2, 0.25) is 0 Å². The highest BCUT2D eigenvalue weighted by Gasteiger charge is 2.68. The molecule has 0 aromatic heterocycles. The van der Waals surface area contributed by atoms with Crippen molar-refractivity contribution in [2.75, 3.05) is 24.7 Å². The van der Waals surface area contributed by atoms with E-state index < -0.39 is 17.0 Å². The Kier molecular flexibility index (Phi) is 7.06. The van der Waals surface area contributed by atoms with Crippen molar-refractivity contribution in [1.29, 1.82) is 5.26 Å². The fourth-order valence-electron chi connectivity index (χ4n) is 8.09. The molecule has 6 nitrogen and oxygen atoms in total. The van der Waals surface area contributed by atoms with Gasteiger partial charge in [0.15, 0.2) is 17.2 Å². The lowest BCUT2D eigenvalue weighted by Gasteiger charge is -2.55. The van der Waals surface area contributed by atoms with E-state index in [-0.39, 0.29) is 35.1 Å². The average Bonchev–Trinajstić information content (AvgIpc) is 3.18. The second-order valence-corrected chi connectivity index (χ2v) is 12.5. The first-order valence-corrected chi connectivity index (χ1v) is 14.6. The van der Waals surface area contributed by atoms with Crippen LogP contribution >= 0.6 is 11.8 Å². The quantitative estimate of drug-likeness (QED) is 0.341. The molecule has 0 N–H and O–H groups in total. The number of benzene rings is 1. The van der Waals surface area contributed by atoms with Crippen LogP contribution in [-0.4, -0.2) is 43.0 Å². The van der Waals surface area contributed by atoms with Crippen molar-refractivity contribution in [3.63, 3.8) is 0 Å². The molecule has 5 atom stereocenters. The minimum atomic E-state index is -1.23. The second kappa shape index (κ2) is 10.0. The largest absolute Gasteiger partial charge is 0.451 e. The number of fused-ring (bicyclic) bond motifs is 4. The zero-order valence-electron chi connectivity index (χ0n) is 22.7. The zero-order chi connectivity index (χ0) is 27.2. The van der Waals surface area contributed by atoms with Gasteiger partial charge in [0.2, 0.25) is 0 Å². The smallest absolute Gasteiger partial charge is 0.303 e. The lowest BCUT2D eigenvalue weighted by molar-refractivity contribution is -0.182. The monoisotopic (exact) mass is 532 g/mol. The Balaban J connectivity index is 1.67. The number of hydrogen-bond donors (Lipinski definition) is 0. The Morgan fingerprint density at radius 3 is 2.55 bits per heavy atom. The van der Waals surface area contributed by atoms with Crippen molar-refractivity contribution in [2.45, 2.75) is 70.3 Å². The molecule has 0 saturated heterocycles. The fraction of sp³-hybridized carbons (Fsp3) is 0.548. The van der Waals surface area contributed by atoms with E-state index in [0.29, 0.717) is 19.3 Å². The summed E-state index contributed by atoms with van der Waals surface area (Å²) in [5.74, 6) is 0.152. The Bertz CT molecular complexity index is 1270. The van der Waals surface area contributed by atoms with Gasteiger partial charge in [-0.2, -0.15) is 5.26 Å². The van der Waals surface area contributed by atoms with E-state index in [1.807, 2.05) is 25.6 Å². The van der Waals surface area contributed by atoms with Crippen LogP contribution in [0.1, 0.15) is 70.3 Å². The molecule has 1 aromatic carbocycles. The minimum Gasteiger partial charge on any atom is -0.451 e. The first-order chi connectivity index (χ1) is 18.1. The average molecular weight is 533 g/mol. The predicted octanol–water partition coefficient (Wildman–Crippen LogP) is 5.74. The highest BCUT2D eigenvalue weighted by molar-refractivity contribution is 8.04. The number of nitrogens with zero attached hydrogens (tertiary/aromatic N) is 2. The molecule has 3 unspecified atom stereocenters. The number of ether oxygens (including phenoxy) is 1. The molecule has 1 aromatic rings. The molecule has 0 heterocycles. The number of rotatable bonds is 6. The van der Waals surface area contributed by atoms with Crippen LogP contribution in [-0.2, 0) is 19.1 Å². The number of carbonyl (C=O) groups is 3. The summed E-state index contributed by atoms with van der Waals surface area (Å²) in [6, 6.07) is 8.65. The minimum absolute atomic E-state index is 0.0158. The molecule has 0 bridgehead atoms. The number of hydrogen-bond acceptors (Lipinski definition) is 7. The summed E-state index contributed by atoms with van der Waals surface area (Å²) in [5.41, 5.74) is 4.50. The summed E-state index contributed by atoms with van der Waals surface area (Å²) in [6.45, 7) is 3.54. The van der Waals surface area contributed by atoms with Crippen molar-refractivity contribution in [2.24, 2.45) is 17.3 Å². The fourth-order valence-corrected chi connectivity index (χ4v) is 8.52. The van der Waals surface area contributed by atoms with Gasteiger partial charge in [-0.05, 0) is 97.0 Å². The molecule has 2 saturated carbocycles. The van der Waals surface area contributed by atoms with Crippen LogP contribution in [0.25, 0.3) is 0 Å². The number of ketones is 2. The lowest BCUT2D eigenvalue weighted by Crippen LogP contribution is -2.58. The standard InChI is InChI=1S/C31H36N2O4S/c1-19(34)37-31(28(36)17-38-18-32)14-13-27-25-11-7-21-15-23(35)10-12-24(21)29(25)26(16-30(27,31)2)20-5-8-22(9-6-20)33(3)4/h5-6,8-9,15,25-27H,7,10-14,16-17H2,1-4H3/t25?,26?,27?,30-,31+/m0/s1. The number of esters is 1. The molecule has 4 aliphatic carbocycles. The van der Waals surface area contributed by atoms with Gasteiger partial charge in [0.25, 0.3) is 0 Å². The molecule has 38 heavy (non-hydrogen) atoms. The summed E-state index contributed by atoms with van der Waals surface area (Å²) in [5, 5.41) is 11.2. The van der Waals surface area contributed by atoms with Gasteiger partial charge in [-0.15, -0.1) is 0 Å². The van der Waals surface area contributed by atoms with E-state index in [0.717, 1.165) is 43.1 Å². The molecule has 0 radical (unpaired) electrons. The Hall–Kier alpha value is -2.85. The van der Waals surface area contributed by atoms with E-state index in [9.17, 15) is 14.4 Å². The number of Topliss-reactive ketones (excluding diaryl/α,β-unsaturated/α-hetero) is 1. The van der Waals surface area contributed by atoms with E-state index in [2.05, 4.69) is 36.1 Å². The SMILES string of the molecule is CC(=O)O[C@@]1(C(=O)CSC#N)CCC2C3CCC4=CC(=O)CCC4=C3C(c3ccc(N(C)C)cc3)C[C@@]21C. The molecule has 2 fully saturated rings. The lowest BCUT2D eigenvalue weighted by atomic mass is 9.50. The summed E-state index contributed by atoms with van der Waals surface area (Å²) in [7, 11) is 4.05. The van der Waals surface area contributed by atoms with Crippen molar-refractivity contribution in [1.82, 2.24) is 0 Å². The third kappa shape index (κ3) is 4.22. The summed E-state index contributed by atoms with van der Waals surface area (Å²) >= 11 is 0.917. The Morgan fingerprint density at radius 1 is 1.16 bits per heavy atom. The predicted molar refractivity (Wildman–Crippen MR) is 149 cm³/mol. The van der Waals surface area contributed by atoms with E-state index in [1.54, 1.807) is 0 Å². The second-order valence-electron chi connectivity index (χ2n) is 11.7. The highest BCUT2D eigenvalue weighted by atomic mass is 32.2. The number of thiocyanates is 1. The van der Waals surface area contributed by atoms with Gasteiger partial charge in [0, 0.05) is 44.5 Å². The molecule has 0 aliphatic heterocycles. The number of allylic oxidation sites excluding steroid dienone is 4. The van der Waals surface area contributed by atoms with Gasteiger partial charge in [-0.25, -0.2) is 0 Å². The zero-order valence-corrected chi connectivity index (χ0v) is 23.5. The van der Waals surface area contributed by atoms with Crippen molar-refractivity contribution < 1.29 is 19.1 Å². The van der Waals surface area contributed by atoms with Crippen LogP contribution in [0, 0.1) is 27.9 Å². The number of anilines is 1. The molecule has 0 amide bonds. The van der Waals surface area contributed by atoms with Gasteiger partial charge in [0.1, 0.15) is 5.40 Å². The summed E-state index contributed by atoms with van der Waals surface area (Å²) < 4.78 is 6.08. The molecule has 5 rings (SSSR count). The first-order valence-electron chi connectivity index (χ1n) is 13.6. The van der Waals surface area contributed by atoms with Crippen LogP contribution in [0.3, 0.4) is 0 Å². The Morgan fingerprint density at radius 2 is 1.89 bits per heavy atom. The third-order valence-corrected chi connectivity index (χ3v) is 10.2. The number of carbonyl (C=O) groups excluding carboxylic acids is 3. The van der Waals surface area contributed by atoms with E-state index in [1.165, 1.54) is 29.2 Å². The van der Waals surface area contributed by atoms with Crippen LogP contribution in [0.15, 0.2) is 47.1 Å². The maximum atomic E-state index is 13.8. The molecule has 4 aliphatic rings. The summed E-state index contributed by atoms with van der Waals surface area (Å²) in [6.07, 6.45) is 6.97. The van der Waals surface area contributed by atoms with Crippen molar-refractivity contribution >= 4 is 35.0 Å². The molecule has 200 valence electrons. The van der Waals surface area contributed by atoms with Gasteiger partial charge in [-0.1, -0.05) is 24.6 Å². The van der Waals surface area contributed by atoms with Gasteiger partial charge in [0.05, 0.1) is 5.75 Å². The third-order valence-electron chi connectivity index (χ3n) is 9.70. The van der Waals surface area contributed by atoms with Crippen molar-refractivity contribution in [3.05, 3.63) is 52.6 Å². The highest BCUT2D eigenvalue weighted by Crippen LogP contribution is 2.68. The number of nitriles is 1. The van der Waals surface area contributed by atoms with Crippen LogP contribution in [0.5, 0.6) is 0 Å². The summed E-state index contributed by atoms with van der Waals surface area (Å²) in [4.78, 5) is 40.6. The first kappa shape index (κ1) is 26.7. The van der Waals surface area contributed by atoms with Gasteiger partial charge >= 0.3 is 5.97 Å². The van der Waals surface area contributed by atoms with Crippen LogP contribution < -0.4 is 4.90 Å². The van der Waals surface area contributed by atoms with Crippen molar-refractivity contribution in [3.8, 4) is 5.40 Å². The van der Waals surface area contributed by atoms with Gasteiger partial charge in [-0.3, -0.25) is 14.4 Å². The topological polar surface area (TPSA) is 87.5 Å². The molecule has 7 heteroatoms. The van der Waals surface area contributed by atoms with E-state index >= 15 is 0 Å².